The van der Waals surface area contributed by atoms with Gasteiger partial charge in [0.05, 0.1) is 12.2 Å². The Morgan fingerprint density at radius 1 is 1.07 bits per heavy atom. The van der Waals surface area contributed by atoms with Crippen molar-refractivity contribution in [1.29, 1.82) is 0 Å². The molecule has 1 saturated heterocycles. The van der Waals surface area contributed by atoms with Crippen molar-refractivity contribution >= 4 is 23.1 Å². The molecule has 29 heavy (non-hydrogen) atoms. The van der Waals surface area contributed by atoms with Gasteiger partial charge in [-0.15, -0.1) is 0 Å². The van der Waals surface area contributed by atoms with E-state index in [1.807, 2.05) is 30.3 Å². The van der Waals surface area contributed by atoms with Crippen LogP contribution >= 0.6 is 0 Å². The number of rotatable bonds is 6. The molecule has 1 aliphatic rings. The van der Waals surface area contributed by atoms with Gasteiger partial charge in [0.2, 0.25) is 0 Å². The molecule has 4 rings (SSSR count). The lowest BCUT2D eigenvalue weighted by molar-refractivity contribution is 0.0945. The molecule has 1 fully saturated rings. The summed E-state index contributed by atoms with van der Waals surface area (Å²) in [6.45, 7) is 4.37. The third kappa shape index (κ3) is 4.87. The van der Waals surface area contributed by atoms with Gasteiger partial charge in [0.15, 0.2) is 0 Å². The van der Waals surface area contributed by atoms with Crippen LogP contribution in [0.3, 0.4) is 0 Å². The second-order valence-corrected chi connectivity index (χ2v) is 7.06. The van der Waals surface area contributed by atoms with Crippen molar-refractivity contribution in [3.8, 4) is 0 Å². The van der Waals surface area contributed by atoms with Crippen LogP contribution in [-0.2, 0) is 6.54 Å². The van der Waals surface area contributed by atoms with E-state index in [0.29, 0.717) is 23.9 Å². The molecule has 0 saturated carbocycles. The van der Waals surface area contributed by atoms with Crippen molar-refractivity contribution in [2.24, 2.45) is 0 Å². The molecule has 0 aliphatic carbocycles. The second kappa shape index (κ2) is 8.68. The molecule has 7 heteroatoms. The highest BCUT2D eigenvalue weighted by atomic mass is 16.1. The van der Waals surface area contributed by atoms with Gasteiger partial charge < -0.3 is 15.5 Å². The summed E-state index contributed by atoms with van der Waals surface area (Å²) in [7, 11) is 0. The lowest BCUT2D eigenvalue weighted by atomic mass is 10.2. The highest BCUT2D eigenvalue weighted by Gasteiger charge is 2.13. The lowest BCUT2D eigenvalue weighted by Crippen LogP contribution is -2.24. The molecule has 0 atom stereocenters. The summed E-state index contributed by atoms with van der Waals surface area (Å²) in [5, 5.41) is 6.12. The Balaban J connectivity index is 1.43. The number of aryl methyl sites for hydroxylation is 1. The highest BCUT2D eigenvalue weighted by Crippen LogP contribution is 2.23. The largest absolute Gasteiger partial charge is 0.372 e. The molecule has 2 N–H and O–H groups in total. The van der Waals surface area contributed by atoms with Gasteiger partial charge in [-0.2, -0.15) is 0 Å². The molecule has 3 heterocycles. The molecular weight excluding hydrogens is 364 g/mol. The Labute approximate surface area is 170 Å². The van der Waals surface area contributed by atoms with E-state index < -0.39 is 0 Å². The third-order valence-corrected chi connectivity index (χ3v) is 4.84. The second-order valence-electron chi connectivity index (χ2n) is 7.06. The molecule has 1 amide bonds. The smallest absolute Gasteiger partial charge is 0.270 e. The molecule has 1 aromatic carbocycles. The molecule has 2 aromatic heterocycles. The molecule has 0 radical (unpaired) electrons. The first-order chi connectivity index (χ1) is 14.2. The van der Waals surface area contributed by atoms with Gasteiger partial charge in [0.25, 0.3) is 5.91 Å². The van der Waals surface area contributed by atoms with Crippen LogP contribution in [0.15, 0.2) is 54.7 Å². The summed E-state index contributed by atoms with van der Waals surface area (Å²) in [6.07, 6.45) is 4.21. The van der Waals surface area contributed by atoms with Crippen LogP contribution in [0.5, 0.6) is 0 Å². The summed E-state index contributed by atoms with van der Waals surface area (Å²) in [5.74, 6) is 0.870. The van der Waals surface area contributed by atoms with E-state index in [0.717, 1.165) is 24.5 Å². The van der Waals surface area contributed by atoms with Crippen LogP contribution in [0.4, 0.5) is 17.2 Å². The molecule has 0 unspecified atom stereocenters. The van der Waals surface area contributed by atoms with Crippen LogP contribution in [0.25, 0.3) is 0 Å². The molecule has 0 bridgehead atoms. The van der Waals surface area contributed by atoms with E-state index in [9.17, 15) is 4.79 Å². The fourth-order valence-electron chi connectivity index (χ4n) is 3.39. The molecule has 7 nitrogen and oxygen atoms in total. The number of aromatic nitrogens is 3. The number of anilines is 3. The van der Waals surface area contributed by atoms with Gasteiger partial charge in [-0.25, -0.2) is 9.97 Å². The minimum absolute atomic E-state index is 0.256. The summed E-state index contributed by atoms with van der Waals surface area (Å²) in [6, 6.07) is 15.6. The Morgan fingerprint density at radius 2 is 1.86 bits per heavy atom. The first-order valence-electron chi connectivity index (χ1n) is 9.83. The number of hydrogen-bond acceptors (Lipinski definition) is 6. The predicted molar refractivity (Wildman–Crippen MR) is 113 cm³/mol. The number of carbonyl (C=O) groups is 1. The van der Waals surface area contributed by atoms with Crippen LogP contribution in [-0.4, -0.2) is 33.9 Å². The zero-order valence-electron chi connectivity index (χ0n) is 16.4. The monoisotopic (exact) mass is 388 g/mol. The molecule has 1 aliphatic heterocycles. The molecule has 3 aromatic rings. The normalized spacial score (nSPS) is 13.3. The lowest BCUT2D eigenvalue weighted by Gasteiger charge is -2.18. The van der Waals surface area contributed by atoms with Crippen LogP contribution in [0.2, 0.25) is 0 Å². The minimum atomic E-state index is -0.256. The molecule has 0 spiro atoms. The Kier molecular flexibility index (Phi) is 5.65. The van der Waals surface area contributed by atoms with Crippen molar-refractivity contribution in [3.63, 3.8) is 0 Å². The maximum atomic E-state index is 12.5. The standard InChI is InChI=1S/C22H24N6O/c1-16-25-20(22(29)24-15-18-6-2-3-11-23-18)14-21(26-16)27-17-7-9-19(10-8-17)28-12-4-5-13-28/h2-3,6-11,14H,4-5,12-13,15H2,1H3,(H,24,29)(H,25,26,27). The van der Waals surface area contributed by atoms with Crippen molar-refractivity contribution < 1.29 is 4.79 Å². The number of hydrogen-bond donors (Lipinski definition) is 2. The maximum Gasteiger partial charge on any atom is 0.270 e. The van der Waals surface area contributed by atoms with E-state index >= 15 is 0 Å². The fraction of sp³-hybridized carbons (Fsp3) is 0.273. The van der Waals surface area contributed by atoms with Crippen LogP contribution in [0, 0.1) is 6.92 Å². The summed E-state index contributed by atoms with van der Waals surface area (Å²) >= 11 is 0. The number of pyridine rings is 1. The maximum absolute atomic E-state index is 12.5. The van der Waals surface area contributed by atoms with E-state index in [4.69, 9.17) is 0 Å². The first-order valence-corrected chi connectivity index (χ1v) is 9.83. The van der Waals surface area contributed by atoms with E-state index in [1.165, 1.54) is 18.5 Å². The fourth-order valence-corrected chi connectivity index (χ4v) is 3.39. The average molecular weight is 388 g/mol. The van der Waals surface area contributed by atoms with Crippen molar-refractivity contribution in [3.05, 3.63) is 71.9 Å². The van der Waals surface area contributed by atoms with Crippen LogP contribution in [0.1, 0.15) is 34.8 Å². The first kappa shape index (κ1) is 18.9. The zero-order valence-corrected chi connectivity index (χ0v) is 16.4. The summed E-state index contributed by atoms with van der Waals surface area (Å²) in [4.78, 5) is 27.8. The average Bonchev–Trinajstić information content (AvgIpc) is 3.28. The number of benzene rings is 1. The number of amides is 1. The Morgan fingerprint density at radius 3 is 2.59 bits per heavy atom. The van der Waals surface area contributed by atoms with Crippen molar-refractivity contribution in [2.75, 3.05) is 23.3 Å². The SMILES string of the molecule is Cc1nc(Nc2ccc(N3CCCC3)cc2)cc(C(=O)NCc2ccccn2)n1. The van der Waals surface area contributed by atoms with Gasteiger partial charge in [0, 0.05) is 36.7 Å². The predicted octanol–water partition coefficient (Wildman–Crippen LogP) is 3.45. The van der Waals surface area contributed by atoms with E-state index in [2.05, 4.69) is 42.6 Å². The van der Waals surface area contributed by atoms with Gasteiger partial charge in [0.1, 0.15) is 17.3 Å². The number of nitrogens with one attached hydrogen (secondary N) is 2. The molecule has 148 valence electrons. The third-order valence-electron chi connectivity index (χ3n) is 4.84. The minimum Gasteiger partial charge on any atom is -0.372 e. The topological polar surface area (TPSA) is 83.0 Å². The number of carbonyl (C=O) groups excluding carboxylic acids is 1. The van der Waals surface area contributed by atoms with Gasteiger partial charge >= 0.3 is 0 Å². The summed E-state index contributed by atoms with van der Waals surface area (Å²) in [5.41, 5.74) is 3.28. The van der Waals surface area contributed by atoms with Gasteiger partial charge in [-0.05, 0) is 56.2 Å². The van der Waals surface area contributed by atoms with Crippen LogP contribution < -0.4 is 15.5 Å². The van der Waals surface area contributed by atoms with Gasteiger partial charge in [-0.3, -0.25) is 9.78 Å². The number of nitrogens with zero attached hydrogens (tertiary/aromatic N) is 4. The van der Waals surface area contributed by atoms with E-state index in [1.54, 1.807) is 19.2 Å². The Hall–Kier alpha value is -3.48. The van der Waals surface area contributed by atoms with Gasteiger partial charge in [-0.1, -0.05) is 6.07 Å². The van der Waals surface area contributed by atoms with E-state index in [-0.39, 0.29) is 5.91 Å². The van der Waals surface area contributed by atoms with Crippen molar-refractivity contribution in [1.82, 2.24) is 20.3 Å². The highest BCUT2D eigenvalue weighted by molar-refractivity contribution is 5.93. The zero-order chi connectivity index (χ0) is 20.1. The summed E-state index contributed by atoms with van der Waals surface area (Å²) < 4.78 is 0. The van der Waals surface area contributed by atoms with Crippen molar-refractivity contribution in [2.45, 2.75) is 26.3 Å². The Bertz CT molecular complexity index is 968. The quantitative estimate of drug-likeness (QED) is 0.673. The molecular formula is C22H24N6O.